The Bertz CT molecular complexity index is 720. The minimum absolute atomic E-state index is 0.108. The molecule has 1 aromatic carbocycles. The molecule has 2 aliphatic rings. The zero-order chi connectivity index (χ0) is 19.3. The highest BCUT2D eigenvalue weighted by Gasteiger charge is 2.28. The zero-order valence-corrected chi connectivity index (χ0v) is 16.9. The number of urea groups is 1. The quantitative estimate of drug-likeness (QED) is 0.851. The Morgan fingerprint density at radius 1 is 0.926 bits per heavy atom. The number of carbonyl (C=O) groups is 1. The third-order valence-corrected chi connectivity index (χ3v) is 7.33. The molecule has 8 heteroatoms. The largest absolute Gasteiger partial charge is 0.325 e. The van der Waals surface area contributed by atoms with Gasteiger partial charge in [-0.05, 0) is 43.7 Å². The molecule has 0 aromatic heterocycles. The summed E-state index contributed by atoms with van der Waals surface area (Å²) >= 11 is 0. The van der Waals surface area contributed by atoms with Crippen molar-refractivity contribution in [3.8, 4) is 0 Å². The molecule has 2 amide bonds. The molecule has 3 rings (SSSR count). The van der Waals surface area contributed by atoms with Crippen molar-refractivity contribution in [3.63, 3.8) is 0 Å². The van der Waals surface area contributed by atoms with Gasteiger partial charge in [0.2, 0.25) is 10.0 Å². The SMILES string of the molecule is CCN1CCN(S(=O)(=O)c2ccc(NC(=O)N3CCCCCC3)cc2)CC1. The maximum atomic E-state index is 12.8. The van der Waals surface area contributed by atoms with Gasteiger partial charge in [0.05, 0.1) is 4.90 Å². The van der Waals surface area contributed by atoms with Gasteiger partial charge in [-0.15, -0.1) is 0 Å². The van der Waals surface area contributed by atoms with Crippen LogP contribution in [0.5, 0.6) is 0 Å². The maximum absolute atomic E-state index is 12.8. The maximum Gasteiger partial charge on any atom is 0.321 e. The van der Waals surface area contributed by atoms with Crippen LogP contribution in [-0.4, -0.2) is 74.4 Å². The second-order valence-electron chi connectivity index (χ2n) is 7.19. The molecule has 2 heterocycles. The summed E-state index contributed by atoms with van der Waals surface area (Å²) in [5.74, 6) is 0. The van der Waals surface area contributed by atoms with Crippen LogP contribution in [0.4, 0.5) is 10.5 Å². The highest BCUT2D eigenvalue weighted by molar-refractivity contribution is 7.89. The number of nitrogens with zero attached hydrogens (tertiary/aromatic N) is 3. The minimum atomic E-state index is -3.48. The minimum Gasteiger partial charge on any atom is -0.325 e. The Labute approximate surface area is 162 Å². The lowest BCUT2D eigenvalue weighted by atomic mass is 10.2. The van der Waals surface area contributed by atoms with Crippen LogP contribution < -0.4 is 5.32 Å². The number of benzene rings is 1. The summed E-state index contributed by atoms with van der Waals surface area (Å²) in [6.07, 6.45) is 4.41. The summed E-state index contributed by atoms with van der Waals surface area (Å²) in [5.41, 5.74) is 0.624. The van der Waals surface area contributed by atoms with Crippen LogP contribution in [0.25, 0.3) is 0 Å². The van der Waals surface area contributed by atoms with E-state index in [1.165, 1.54) is 12.8 Å². The van der Waals surface area contributed by atoms with E-state index in [4.69, 9.17) is 0 Å². The molecule has 7 nitrogen and oxygen atoms in total. The number of rotatable bonds is 4. The fourth-order valence-corrected chi connectivity index (χ4v) is 5.04. The normalized spacial score (nSPS) is 20.3. The van der Waals surface area contributed by atoms with Gasteiger partial charge in [0.25, 0.3) is 0 Å². The van der Waals surface area contributed by atoms with Crippen molar-refractivity contribution in [3.05, 3.63) is 24.3 Å². The fourth-order valence-electron chi connectivity index (χ4n) is 3.62. The Hall–Kier alpha value is -1.64. The number of amides is 2. The van der Waals surface area contributed by atoms with E-state index >= 15 is 0 Å². The molecule has 0 saturated carbocycles. The number of hydrogen-bond acceptors (Lipinski definition) is 4. The molecule has 0 radical (unpaired) electrons. The molecular weight excluding hydrogens is 364 g/mol. The topological polar surface area (TPSA) is 73.0 Å². The molecule has 2 fully saturated rings. The first kappa shape index (κ1) is 20.1. The average molecular weight is 395 g/mol. The van der Waals surface area contributed by atoms with E-state index in [2.05, 4.69) is 17.1 Å². The summed E-state index contributed by atoms with van der Waals surface area (Å²) in [7, 11) is -3.48. The molecule has 27 heavy (non-hydrogen) atoms. The Morgan fingerprint density at radius 3 is 2.07 bits per heavy atom. The van der Waals surface area contributed by atoms with E-state index in [9.17, 15) is 13.2 Å². The number of likely N-dealkylation sites (N-methyl/N-ethyl adjacent to an activating group) is 1. The van der Waals surface area contributed by atoms with Crippen molar-refractivity contribution >= 4 is 21.7 Å². The fraction of sp³-hybridized carbons (Fsp3) is 0.632. The lowest BCUT2D eigenvalue weighted by Crippen LogP contribution is -2.48. The highest BCUT2D eigenvalue weighted by atomic mass is 32.2. The lowest BCUT2D eigenvalue weighted by molar-refractivity contribution is 0.196. The molecule has 2 saturated heterocycles. The Kier molecular flexibility index (Phi) is 6.73. The molecule has 2 aliphatic heterocycles. The summed E-state index contributed by atoms with van der Waals surface area (Å²) in [5, 5.41) is 2.88. The first-order chi connectivity index (χ1) is 13.0. The Morgan fingerprint density at radius 2 is 1.52 bits per heavy atom. The number of carbonyl (C=O) groups excluding carboxylic acids is 1. The Balaban J connectivity index is 1.61. The number of likely N-dealkylation sites (tertiary alicyclic amines) is 1. The van der Waals surface area contributed by atoms with Crippen LogP contribution in [0, 0.1) is 0 Å². The van der Waals surface area contributed by atoms with Gasteiger partial charge in [0.1, 0.15) is 0 Å². The molecule has 0 unspecified atom stereocenters. The molecule has 0 spiro atoms. The van der Waals surface area contributed by atoms with E-state index in [0.29, 0.717) is 18.8 Å². The van der Waals surface area contributed by atoms with Crippen LogP contribution in [-0.2, 0) is 10.0 Å². The average Bonchev–Trinajstić information content (AvgIpc) is 2.98. The van der Waals surface area contributed by atoms with Crippen molar-refractivity contribution in [1.29, 1.82) is 0 Å². The molecule has 0 atom stereocenters. The second kappa shape index (κ2) is 9.03. The van der Waals surface area contributed by atoms with Gasteiger partial charge in [-0.3, -0.25) is 0 Å². The first-order valence-electron chi connectivity index (χ1n) is 9.89. The van der Waals surface area contributed by atoms with E-state index in [-0.39, 0.29) is 10.9 Å². The van der Waals surface area contributed by atoms with Gasteiger partial charge in [-0.25, -0.2) is 13.2 Å². The van der Waals surface area contributed by atoms with Crippen molar-refractivity contribution < 1.29 is 13.2 Å². The van der Waals surface area contributed by atoms with Crippen LogP contribution in [0.3, 0.4) is 0 Å². The smallest absolute Gasteiger partial charge is 0.321 e. The number of hydrogen-bond donors (Lipinski definition) is 1. The highest BCUT2D eigenvalue weighted by Crippen LogP contribution is 2.20. The summed E-state index contributed by atoms with van der Waals surface area (Å²) in [4.78, 5) is 16.8. The molecule has 0 bridgehead atoms. The van der Waals surface area contributed by atoms with Gasteiger partial charge in [-0.1, -0.05) is 19.8 Å². The third kappa shape index (κ3) is 5.00. The van der Waals surface area contributed by atoms with Crippen molar-refractivity contribution in [1.82, 2.24) is 14.1 Å². The predicted octanol–water partition coefficient (Wildman–Crippen LogP) is 2.42. The van der Waals surface area contributed by atoms with Gasteiger partial charge in [0, 0.05) is 45.0 Å². The van der Waals surface area contributed by atoms with Crippen LogP contribution >= 0.6 is 0 Å². The van der Waals surface area contributed by atoms with E-state index in [1.54, 1.807) is 28.6 Å². The summed E-state index contributed by atoms with van der Waals surface area (Å²) in [6, 6.07) is 6.40. The predicted molar refractivity (Wildman–Crippen MR) is 106 cm³/mol. The molecule has 0 aliphatic carbocycles. The molecular formula is C19H30N4O3S. The summed E-state index contributed by atoms with van der Waals surface area (Å²) < 4.78 is 27.2. The van der Waals surface area contributed by atoms with Gasteiger partial charge >= 0.3 is 6.03 Å². The second-order valence-corrected chi connectivity index (χ2v) is 9.13. The van der Waals surface area contributed by atoms with Crippen molar-refractivity contribution in [2.24, 2.45) is 0 Å². The number of nitrogens with one attached hydrogen (secondary N) is 1. The number of anilines is 1. The summed E-state index contributed by atoms with van der Waals surface area (Å²) in [6.45, 7) is 7.15. The molecule has 150 valence electrons. The zero-order valence-electron chi connectivity index (χ0n) is 16.1. The van der Waals surface area contributed by atoms with Gasteiger partial charge < -0.3 is 15.1 Å². The first-order valence-corrected chi connectivity index (χ1v) is 11.3. The van der Waals surface area contributed by atoms with Crippen LogP contribution in [0.1, 0.15) is 32.6 Å². The third-order valence-electron chi connectivity index (χ3n) is 5.42. The van der Waals surface area contributed by atoms with E-state index < -0.39 is 10.0 Å². The molecule has 1 aromatic rings. The number of sulfonamides is 1. The molecule has 1 N–H and O–H groups in total. The number of piperazine rings is 1. The lowest BCUT2D eigenvalue weighted by Gasteiger charge is -2.33. The monoisotopic (exact) mass is 394 g/mol. The standard InChI is InChI=1S/C19H30N4O3S/c1-2-21-13-15-23(16-14-21)27(25,26)18-9-7-17(8-10-18)20-19(24)22-11-5-3-4-6-12-22/h7-10H,2-6,11-16H2,1H3,(H,20,24). The van der Waals surface area contributed by atoms with Crippen LogP contribution in [0.15, 0.2) is 29.2 Å². The van der Waals surface area contributed by atoms with Gasteiger partial charge in [0.15, 0.2) is 0 Å². The van der Waals surface area contributed by atoms with Gasteiger partial charge in [-0.2, -0.15) is 4.31 Å². The van der Waals surface area contributed by atoms with Crippen molar-refractivity contribution in [2.75, 3.05) is 51.1 Å². The van der Waals surface area contributed by atoms with Crippen molar-refractivity contribution in [2.45, 2.75) is 37.5 Å². The van der Waals surface area contributed by atoms with E-state index in [1.807, 2.05) is 4.90 Å². The van der Waals surface area contributed by atoms with Crippen LogP contribution in [0.2, 0.25) is 0 Å². The van der Waals surface area contributed by atoms with E-state index in [0.717, 1.165) is 45.6 Å².